The number of aromatic nitrogens is 1. The molecule has 3 amide bonds. The van der Waals surface area contributed by atoms with Crippen LogP contribution in [-0.2, 0) is 4.79 Å². The molecule has 10 heteroatoms. The van der Waals surface area contributed by atoms with E-state index in [1.807, 2.05) is 31.2 Å². The van der Waals surface area contributed by atoms with Gasteiger partial charge in [0.2, 0.25) is 5.91 Å². The van der Waals surface area contributed by atoms with E-state index < -0.39 is 17.9 Å². The number of nitrogens with two attached hydrogens (primary N) is 2. The van der Waals surface area contributed by atoms with Crippen LogP contribution in [0.1, 0.15) is 57.6 Å². The minimum Gasteiger partial charge on any atom is -0.497 e. The molecule has 0 aliphatic rings. The molecule has 1 aromatic heterocycles. The quantitative estimate of drug-likeness (QED) is 0.381. The van der Waals surface area contributed by atoms with Gasteiger partial charge in [-0.25, -0.2) is 0 Å². The van der Waals surface area contributed by atoms with Crippen LogP contribution in [-0.4, -0.2) is 35.7 Å². The highest BCUT2D eigenvalue weighted by Crippen LogP contribution is 2.34. The second-order valence-corrected chi connectivity index (χ2v) is 9.58. The van der Waals surface area contributed by atoms with E-state index in [1.165, 1.54) is 12.0 Å². The molecule has 2 aromatic carbocycles. The number of rotatable bonds is 10. The first-order valence-electron chi connectivity index (χ1n) is 11.5. The summed E-state index contributed by atoms with van der Waals surface area (Å²) in [4.78, 5) is 40.8. The van der Waals surface area contributed by atoms with Gasteiger partial charge in [-0.05, 0) is 48.5 Å². The summed E-state index contributed by atoms with van der Waals surface area (Å²) >= 11 is 0.764. The van der Waals surface area contributed by atoms with Crippen molar-refractivity contribution in [1.29, 1.82) is 0 Å². The Kier molecular flexibility index (Phi) is 8.65. The second-order valence-electron chi connectivity index (χ2n) is 8.80. The van der Waals surface area contributed by atoms with Crippen molar-refractivity contribution in [1.82, 2.24) is 9.69 Å². The number of anilines is 2. The van der Waals surface area contributed by atoms with E-state index in [-0.39, 0.29) is 22.2 Å². The van der Waals surface area contributed by atoms with Gasteiger partial charge < -0.3 is 21.5 Å². The van der Waals surface area contributed by atoms with Gasteiger partial charge in [-0.1, -0.05) is 49.7 Å². The van der Waals surface area contributed by atoms with E-state index >= 15 is 0 Å². The topological polar surface area (TPSA) is 141 Å². The number of aryl methyl sites for hydroxylation is 1. The smallest absolute Gasteiger partial charge is 0.273 e. The first kappa shape index (κ1) is 26.7. The lowest BCUT2D eigenvalue weighted by molar-refractivity contribution is -0.122. The van der Waals surface area contributed by atoms with Crippen LogP contribution < -0.4 is 26.4 Å². The van der Waals surface area contributed by atoms with Crippen LogP contribution in [0.5, 0.6) is 5.75 Å². The van der Waals surface area contributed by atoms with Gasteiger partial charge in [-0.15, -0.1) is 0 Å². The standard InChI is InChI=1S/C26H31N5O4S/c1-15(2)12-13-29-25(33)22(17-10-8-16(3)9-11-17)31(18-6-5-7-19(14-18)35-4)26(34)23-20(27)21(24(28)32)30-36-23/h5-11,14-15,22H,12-13,27H2,1-4H3,(H2,28,32)(H,29,33)/t22-/m0/s1. The van der Waals surface area contributed by atoms with Gasteiger partial charge in [0.15, 0.2) is 5.69 Å². The summed E-state index contributed by atoms with van der Waals surface area (Å²) in [5.41, 5.74) is 13.2. The van der Waals surface area contributed by atoms with Crippen LogP contribution in [0.3, 0.4) is 0 Å². The third-order valence-electron chi connectivity index (χ3n) is 5.63. The summed E-state index contributed by atoms with van der Waals surface area (Å²) in [6, 6.07) is 13.2. The van der Waals surface area contributed by atoms with Crippen molar-refractivity contribution < 1.29 is 19.1 Å². The van der Waals surface area contributed by atoms with E-state index in [9.17, 15) is 14.4 Å². The molecule has 0 spiro atoms. The predicted molar refractivity (Wildman–Crippen MR) is 141 cm³/mol. The molecule has 3 rings (SSSR count). The van der Waals surface area contributed by atoms with Gasteiger partial charge in [0.25, 0.3) is 11.8 Å². The Bertz CT molecular complexity index is 1240. The third kappa shape index (κ3) is 6.01. The number of hydrogen-bond acceptors (Lipinski definition) is 7. The van der Waals surface area contributed by atoms with Crippen molar-refractivity contribution in [3.63, 3.8) is 0 Å². The number of ether oxygens (including phenoxy) is 1. The summed E-state index contributed by atoms with van der Waals surface area (Å²) < 4.78 is 9.34. The zero-order valence-corrected chi connectivity index (χ0v) is 21.6. The van der Waals surface area contributed by atoms with Gasteiger partial charge >= 0.3 is 0 Å². The molecule has 36 heavy (non-hydrogen) atoms. The highest BCUT2D eigenvalue weighted by molar-refractivity contribution is 7.09. The maximum atomic E-state index is 14.0. The number of carbonyl (C=O) groups excluding carboxylic acids is 3. The molecule has 0 saturated heterocycles. The Morgan fingerprint density at radius 2 is 1.83 bits per heavy atom. The fourth-order valence-electron chi connectivity index (χ4n) is 3.63. The predicted octanol–water partition coefficient (Wildman–Crippen LogP) is 3.69. The van der Waals surface area contributed by atoms with Gasteiger partial charge in [0.05, 0.1) is 12.8 Å². The number of nitrogens with zero attached hydrogens (tertiary/aromatic N) is 2. The summed E-state index contributed by atoms with van der Waals surface area (Å²) in [6.45, 7) is 6.53. The van der Waals surface area contributed by atoms with E-state index in [2.05, 4.69) is 23.5 Å². The molecule has 0 aliphatic carbocycles. The van der Waals surface area contributed by atoms with Crippen LogP contribution in [0.25, 0.3) is 0 Å². The van der Waals surface area contributed by atoms with E-state index in [1.54, 1.807) is 24.3 Å². The molecule has 3 aromatic rings. The Morgan fingerprint density at radius 3 is 2.42 bits per heavy atom. The Morgan fingerprint density at radius 1 is 1.14 bits per heavy atom. The first-order chi connectivity index (χ1) is 17.1. The second kappa shape index (κ2) is 11.7. The molecule has 9 nitrogen and oxygen atoms in total. The highest BCUT2D eigenvalue weighted by atomic mass is 32.1. The average molecular weight is 510 g/mol. The minimum atomic E-state index is -1.03. The fourth-order valence-corrected chi connectivity index (χ4v) is 4.37. The molecule has 5 N–H and O–H groups in total. The van der Waals surface area contributed by atoms with Crippen LogP contribution in [0.4, 0.5) is 11.4 Å². The number of benzene rings is 2. The van der Waals surface area contributed by atoms with Gasteiger partial charge in [-0.3, -0.25) is 19.3 Å². The zero-order chi connectivity index (χ0) is 26.4. The van der Waals surface area contributed by atoms with Crippen molar-refractivity contribution in [2.45, 2.75) is 33.2 Å². The summed E-state index contributed by atoms with van der Waals surface area (Å²) in [6.07, 6.45) is 0.781. The molecular formula is C26H31N5O4S. The Labute approximate surface area is 214 Å². The van der Waals surface area contributed by atoms with Crippen LogP contribution >= 0.6 is 11.5 Å². The van der Waals surface area contributed by atoms with Crippen LogP contribution in [0.15, 0.2) is 48.5 Å². The molecule has 0 saturated carbocycles. The van der Waals surface area contributed by atoms with Gasteiger partial charge in [0, 0.05) is 18.3 Å². The molecular weight excluding hydrogens is 478 g/mol. The summed E-state index contributed by atoms with van der Waals surface area (Å²) in [5, 5.41) is 2.97. The number of nitrogen functional groups attached to an aromatic ring is 1. The number of primary amides is 1. The molecule has 1 atom stereocenters. The van der Waals surface area contributed by atoms with E-state index in [0.29, 0.717) is 29.5 Å². The summed E-state index contributed by atoms with van der Waals surface area (Å²) in [5.74, 6) is -0.881. The van der Waals surface area contributed by atoms with E-state index in [4.69, 9.17) is 16.2 Å². The number of amides is 3. The third-order valence-corrected chi connectivity index (χ3v) is 6.48. The van der Waals surface area contributed by atoms with Crippen molar-refractivity contribution in [2.24, 2.45) is 11.7 Å². The molecule has 0 radical (unpaired) electrons. The molecule has 0 aliphatic heterocycles. The van der Waals surface area contributed by atoms with E-state index in [0.717, 1.165) is 23.5 Å². The van der Waals surface area contributed by atoms with Gasteiger partial charge in [0.1, 0.15) is 16.7 Å². The maximum absolute atomic E-state index is 14.0. The fraction of sp³-hybridized carbons (Fsp3) is 0.308. The lowest BCUT2D eigenvalue weighted by Gasteiger charge is -2.31. The SMILES string of the molecule is COc1cccc(N(C(=O)c2snc(C(N)=O)c2N)[C@H](C(=O)NCCC(C)C)c2ccc(C)cc2)c1. The average Bonchev–Trinajstić information content (AvgIpc) is 3.24. The largest absolute Gasteiger partial charge is 0.497 e. The molecule has 0 fully saturated rings. The number of methoxy groups -OCH3 is 1. The highest BCUT2D eigenvalue weighted by Gasteiger charge is 2.36. The molecule has 0 bridgehead atoms. The first-order valence-corrected chi connectivity index (χ1v) is 12.3. The normalized spacial score (nSPS) is 11.7. The Balaban J connectivity index is 2.17. The van der Waals surface area contributed by atoms with Crippen molar-refractivity contribution in [3.05, 3.63) is 70.2 Å². The van der Waals surface area contributed by atoms with Crippen molar-refractivity contribution >= 4 is 40.6 Å². The van der Waals surface area contributed by atoms with Crippen molar-refractivity contribution in [3.8, 4) is 5.75 Å². The Hall–Kier alpha value is -3.92. The number of hydrogen-bond donors (Lipinski definition) is 3. The maximum Gasteiger partial charge on any atom is 0.273 e. The lowest BCUT2D eigenvalue weighted by atomic mass is 10.0. The van der Waals surface area contributed by atoms with Gasteiger partial charge in [-0.2, -0.15) is 4.37 Å². The number of carbonyl (C=O) groups is 3. The van der Waals surface area contributed by atoms with Crippen LogP contribution in [0, 0.1) is 12.8 Å². The number of nitrogens with one attached hydrogen (secondary N) is 1. The monoisotopic (exact) mass is 509 g/mol. The van der Waals surface area contributed by atoms with Crippen LogP contribution in [0.2, 0.25) is 0 Å². The molecule has 0 unspecified atom stereocenters. The summed E-state index contributed by atoms with van der Waals surface area (Å²) in [7, 11) is 1.52. The lowest BCUT2D eigenvalue weighted by Crippen LogP contribution is -2.44. The zero-order valence-electron chi connectivity index (χ0n) is 20.8. The van der Waals surface area contributed by atoms with Crippen molar-refractivity contribution in [2.75, 3.05) is 24.3 Å². The molecule has 190 valence electrons. The minimum absolute atomic E-state index is 0.0127. The molecule has 1 heterocycles.